The van der Waals surface area contributed by atoms with Crippen molar-refractivity contribution >= 4 is 17.4 Å². The third-order valence-corrected chi connectivity index (χ3v) is 4.74. The van der Waals surface area contributed by atoms with E-state index in [9.17, 15) is 9.59 Å². The maximum atomic E-state index is 12.1. The first-order valence-electron chi connectivity index (χ1n) is 7.05. The standard InChI is InChI=1S/C16H19NO3/c1-17-10-16(8-11-4-2-3-5-13(11)17)7-6-12(15(19)20)14(18)9-16/h2-5,12H,6-10H2,1H3,(H,19,20)/t12?,16-/m1/s1. The van der Waals surface area contributed by atoms with Gasteiger partial charge in [-0.15, -0.1) is 0 Å². The number of Topliss-reactive ketones (excluding diaryl/α,β-unsaturated/α-hetero) is 1. The maximum absolute atomic E-state index is 12.1. The fourth-order valence-electron chi connectivity index (χ4n) is 3.82. The van der Waals surface area contributed by atoms with Crippen LogP contribution in [-0.4, -0.2) is 30.5 Å². The average Bonchev–Trinajstić information content (AvgIpc) is 2.38. The molecule has 1 heterocycles. The summed E-state index contributed by atoms with van der Waals surface area (Å²) in [4.78, 5) is 25.4. The van der Waals surface area contributed by atoms with Crippen molar-refractivity contribution in [3.63, 3.8) is 0 Å². The van der Waals surface area contributed by atoms with Crippen LogP contribution < -0.4 is 4.90 Å². The van der Waals surface area contributed by atoms with Crippen LogP contribution >= 0.6 is 0 Å². The number of fused-ring (bicyclic) bond motifs is 1. The fraction of sp³-hybridized carbons (Fsp3) is 0.500. The van der Waals surface area contributed by atoms with E-state index in [1.165, 1.54) is 11.3 Å². The Morgan fingerprint density at radius 2 is 2.10 bits per heavy atom. The van der Waals surface area contributed by atoms with Crippen molar-refractivity contribution in [2.24, 2.45) is 11.3 Å². The average molecular weight is 273 g/mol. The highest BCUT2D eigenvalue weighted by Gasteiger charge is 2.45. The number of hydrogen-bond donors (Lipinski definition) is 1. The number of benzene rings is 1. The highest BCUT2D eigenvalue weighted by molar-refractivity contribution is 5.99. The molecule has 1 aromatic rings. The minimum atomic E-state index is -0.964. The molecule has 4 nitrogen and oxygen atoms in total. The molecule has 0 radical (unpaired) electrons. The molecule has 2 atom stereocenters. The van der Waals surface area contributed by atoms with Crippen molar-refractivity contribution < 1.29 is 14.7 Å². The molecule has 1 aliphatic heterocycles. The van der Waals surface area contributed by atoms with E-state index in [1.54, 1.807) is 0 Å². The highest BCUT2D eigenvalue weighted by Crippen LogP contribution is 2.45. The van der Waals surface area contributed by atoms with E-state index >= 15 is 0 Å². The molecule has 1 fully saturated rings. The summed E-state index contributed by atoms with van der Waals surface area (Å²) in [7, 11) is 2.05. The van der Waals surface area contributed by atoms with Crippen LogP contribution in [0.15, 0.2) is 24.3 Å². The Labute approximate surface area is 118 Å². The van der Waals surface area contributed by atoms with Gasteiger partial charge in [-0.1, -0.05) is 18.2 Å². The predicted molar refractivity (Wildman–Crippen MR) is 75.8 cm³/mol. The number of carboxylic acids is 1. The van der Waals surface area contributed by atoms with Crippen molar-refractivity contribution in [2.45, 2.75) is 25.7 Å². The van der Waals surface area contributed by atoms with Gasteiger partial charge < -0.3 is 10.0 Å². The molecular weight excluding hydrogens is 254 g/mol. The SMILES string of the molecule is CN1C[C@]2(CCC(C(=O)O)C(=O)C2)Cc2ccccc21. The quantitative estimate of drug-likeness (QED) is 0.796. The van der Waals surface area contributed by atoms with Crippen molar-refractivity contribution in [3.05, 3.63) is 29.8 Å². The first-order valence-corrected chi connectivity index (χ1v) is 7.05. The molecule has 20 heavy (non-hydrogen) atoms. The van der Waals surface area contributed by atoms with Crippen molar-refractivity contribution in [2.75, 3.05) is 18.5 Å². The number of para-hydroxylation sites is 1. The van der Waals surface area contributed by atoms with Crippen LogP contribution in [0, 0.1) is 11.3 Å². The molecule has 1 N–H and O–H groups in total. The largest absolute Gasteiger partial charge is 0.481 e. The molecule has 4 heteroatoms. The number of hydrogen-bond acceptors (Lipinski definition) is 3. The van der Waals surface area contributed by atoms with Gasteiger partial charge in [-0.3, -0.25) is 9.59 Å². The molecule has 0 saturated heterocycles. The van der Waals surface area contributed by atoms with E-state index in [1.807, 2.05) is 19.2 Å². The van der Waals surface area contributed by atoms with Crippen molar-refractivity contribution in [1.29, 1.82) is 0 Å². The lowest BCUT2D eigenvalue weighted by molar-refractivity contribution is -0.149. The molecule has 2 aliphatic rings. The number of carbonyl (C=O) groups excluding carboxylic acids is 1. The van der Waals surface area contributed by atoms with E-state index in [-0.39, 0.29) is 11.2 Å². The van der Waals surface area contributed by atoms with Crippen LogP contribution in [-0.2, 0) is 16.0 Å². The van der Waals surface area contributed by atoms with Gasteiger partial charge in [0.2, 0.25) is 0 Å². The molecule has 1 unspecified atom stereocenters. The molecule has 0 bridgehead atoms. The number of ketones is 1. The molecule has 106 valence electrons. The Bertz CT molecular complexity index is 569. The second kappa shape index (κ2) is 4.62. The molecular formula is C16H19NO3. The first kappa shape index (κ1) is 13.2. The lowest BCUT2D eigenvalue weighted by Gasteiger charge is -2.46. The normalized spacial score (nSPS) is 29.4. The molecule has 1 aromatic carbocycles. The van der Waals surface area contributed by atoms with Gasteiger partial charge in [-0.05, 0) is 36.3 Å². The third-order valence-electron chi connectivity index (χ3n) is 4.74. The molecule has 3 rings (SSSR count). The summed E-state index contributed by atoms with van der Waals surface area (Å²) < 4.78 is 0. The summed E-state index contributed by atoms with van der Waals surface area (Å²) >= 11 is 0. The molecule has 0 aromatic heterocycles. The zero-order chi connectivity index (χ0) is 14.3. The van der Waals surface area contributed by atoms with Crippen LogP contribution in [0.5, 0.6) is 0 Å². The Kier molecular flexibility index (Phi) is 3.04. The molecule has 1 spiro atoms. The summed E-state index contributed by atoms with van der Waals surface area (Å²) in [6.07, 6.45) is 2.56. The zero-order valence-corrected chi connectivity index (χ0v) is 11.6. The third kappa shape index (κ3) is 2.09. The summed E-state index contributed by atoms with van der Waals surface area (Å²) in [5.74, 6) is -1.85. The minimum Gasteiger partial charge on any atom is -0.481 e. The van der Waals surface area contributed by atoms with E-state index in [4.69, 9.17) is 5.11 Å². The monoisotopic (exact) mass is 273 g/mol. The Balaban J connectivity index is 1.86. The van der Waals surface area contributed by atoms with Gasteiger partial charge in [0, 0.05) is 25.7 Å². The second-order valence-corrected chi connectivity index (χ2v) is 6.23. The smallest absolute Gasteiger partial charge is 0.314 e. The van der Waals surface area contributed by atoms with Gasteiger partial charge in [0.25, 0.3) is 0 Å². The van der Waals surface area contributed by atoms with Crippen LogP contribution in [0.1, 0.15) is 24.8 Å². The number of nitrogens with zero attached hydrogens (tertiary/aromatic N) is 1. The number of carbonyl (C=O) groups is 2. The van der Waals surface area contributed by atoms with E-state index in [0.717, 1.165) is 19.4 Å². The van der Waals surface area contributed by atoms with E-state index in [2.05, 4.69) is 17.0 Å². The molecule has 1 saturated carbocycles. The minimum absolute atomic E-state index is 0.0772. The van der Waals surface area contributed by atoms with Crippen LogP contribution in [0.3, 0.4) is 0 Å². The lowest BCUT2D eigenvalue weighted by Crippen LogP contribution is -2.47. The number of anilines is 1. The van der Waals surface area contributed by atoms with E-state index in [0.29, 0.717) is 12.8 Å². The maximum Gasteiger partial charge on any atom is 0.314 e. The lowest BCUT2D eigenvalue weighted by atomic mass is 9.65. The second-order valence-electron chi connectivity index (χ2n) is 6.23. The Morgan fingerprint density at radius 1 is 1.35 bits per heavy atom. The van der Waals surface area contributed by atoms with Crippen LogP contribution in [0.2, 0.25) is 0 Å². The number of carboxylic acid groups (broad SMARTS) is 1. The van der Waals surface area contributed by atoms with Gasteiger partial charge in [-0.25, -0.2) is 0 Å². The van der Waals surface area contributed by atoms with Crippen molar-refractivity contribution in [3.8, 4) is 0 Å². The Morgan fingerprint density at radius 3 is 2.80 bits per heavy atom. The highest BCUT2D eigenvalue weighted by atomic mass is 16.4. The van der Waals surface area contributed by atoms with Gasteiger partial charge >= 0.3 is 5.97 Å². The number of aliphatic carboxylic acids is 1. The summed E-state index contributed by atoms with van der Waals surface area (Å²) in [5, 5.41) is 9.07. The van der Waals surface area contributed by atoms with Gasteiger partial charge in [0.1, 0.15) is 11.7 Å². The van der Waals surface area contributed by atoms with Crippen LogP contribution in [0.4, 0.5) is 5.69 Å². The van der Waals surface area contributed by atoms with Gasteiger partial charge in [0.15, 0.2) is 0 Å². The fourth-order valence-corrected chi connectivity index (χ4v) is 3.82. The Hall–Kier alpha value is -1.84. The van der Waals surface area contributed by atoms with E-state index < -0.39 is 11.9 Å². The topological polar surface area (TPSA) is 57.6 Å². The first-order chi connectivity index (χ1) is 9.51. The molecule has 0 amide bonds. The summed E-state index contributed by atoms with van der Waals surface area (Å²) in [6.45, 7) is 0.835. The summed E-state index contributed by atoms with van der Waals surface area (Å²) in [6, 6.07) is 8.27. The zero-order valence-electron chi connectivity index (χ0n) is 11.6. The number of rotatable bonds is 1. The van der Waals surface area contributed by atoms with Crippen molar-refractivity contribution in [1.82, 2.24) is 0 Å². The predicted octanol–water partition coefficient (Wildman–Crippen LogP) is 2.12. The summed E-state index contributed by atoms with van der Waals surface area (Å²) in [5.41, 5.74) is 2.42. The molecule has 1 aliphatic carbocycles. The van der Waals surface area contributed by atoms with Crippen LogP contribution in [0.25, 0.3) is 0 Å². The van der Waals surface area contributed by atoms with Gasteiger partial charge in [0.05, 0.1) is 0 Å². The van der Waals surface area contributed by atoms with Gasteiger partial charge in [-0.2, -0.15) is 0 Å².